The van der Waals surface area contributed by atoms with Crippen molar-refractivity contribution >= 4 is 17.3 Å². The van der Waals surface area contributed by atoms with Crippen molar-refractivity contribution in [1.82, 2.24) is 10.2 Å². The Labute approximate surface area is 184 Å². The summed E-state index contributed by atoms with van der Waals surface area (Å²) in [6.07, 6.45) is 1.90. The zero-order chi connectivity index (χ0) is 22.3. The van der Waals surface area contributed by atoms with E-state index in [9.17, 15) is 10.1 Å². The summed E-state index contributed by atoms with van der Waals surface area (Å²) in [4.78, 5) is 13.3. The number of hydrogen-bond acceptors (Lipinski definition) is 7. The van der Waals surface area contributed by atoms with Gasteiger partial charge in [0.15, 0.2) is 5.88 Å². The molecule has 1 atom stereocenters. The molecule has 31 heavy (non-hydrogen) atoms. The third-order valence-electron chi connectivity index (χ3n) is 5.64. The van der Waals surface area contributed by atoms with Crippen molar-refractivity contribution < 1.29 is 14.3 Å². The Bertz CT molecular complexity index is 1250. The lowest BCUT2D eigenvalue weighted by Gasteiger charge is -2.38. The number of H-pyrrole nitrogens is 1. The molecule has 0 aliphatic carbocycles. The first-order valence-electron chi connectivity index (χ1n) is 9.76. The molecule has 8 heteroatoms. The number of methoxy groups -OCH3 is 1. The molecule has 3 N–H and O–H groups in total. The summed E-state index contributed by atoms with van der Waals surface area (Å²) in [5, 5.41) is 17.0. The molecule has 2 aromatic heterocycles. The van der Waals surface area contributed by atoms with Crippen LogP contribution in [0.1, 0.15) is 45.9 Å². The molecule has 0 amide bonds. The number of aromatic nitrogens is 2. The van der Waals surface area contributed by atoms with E-state index in [2.05, 4.69) is 30.1 Å². The number of benzene rings is 1. The summed E-state index contributed by atoms with van der Waals surface area (Å²) in [7, 11) is 1.36. The van der Waals surface area contributed by atoms with Gasteiger partial charge in [0.1, 0.15) is 4.88 Å². The average Bonchev–Trinajstić information content (AvgIpc) is 3.39. The second kappa shape index (κ2) is 7.60. The van der Waals surface area contributed by atoms with Crippen LogP contribution in [0.3, 0.4) is 0 Å². The van der Waals surface area contributed by atoms with Gasteiger partial charge < -0.3 is 15.2 Å². The summed E-state index contributed by atoms with van der Waals surface area (Å²) in [5.74, 6) is 0.408. The van der Waals surface area contributed by atoms with E-state index >= 15 is 0 Å². The SMILES string of the molecule is COC(=O)c1ccc(-c2cc(C#N)cc([C@@]3(C(C)C)C=C(N)Oc4n[nH]c(C)c43)c2)s1. The van der Waals surface area contributed by atoms with Gasteiger partial charge in [-0.3, -0.25) is 5.10 Å². The second-order valence-corrected chi connectivity index (χ2v) is 8.85. The van der Waals surface area contributed by atoms with Crippen molar-refractivity contribution in [1.29, 1.82) is 5.26 Å². The zero-order valence-corrected chi connectivity index (χ0v) is 18.5. The highest BCUT2D eigenvalue weighted by Crippen LogP contribution is 2.49. The van der Waals surface area contributed by atoms with Crippen LogP contribution < -0.4 is 10.5 Å². The lowest BCUT2D eigenvalue weighted by atomic mass is 9.65. The van der Waals surface area contributed by atoms with Gasteiger partial charge in [-0.15, -0.1) is 16.4 Å². The Balaban J connectivity index is 1.96. The Morgan fingerprint density at radius 3 is 2.81 bits per heavy atom. The van der Waals surface area contributed by atoms with Crippen LogP contribution in [0.4, 0.5) is 0 Å². The minimum atomic E-state index is -0.640. The van der Waals surface area contributed by atoms with E-state index in [1.807, 2.05) is 37.3 Å². The number of ether oxygens (including phenoxy) is 2. The normalized spacial score (nSPS) is 17.5. The van der Waals surface area contributed by atoms with Gasteiger partial charge >= 0.3 is 5.97 Å². The van der Waals surface area contributed by atoms with E-state index in [0.29, 0.717) is 16.3 Å². The van der Waals surface area contributed by atoms with Gasteiger partial charge in [0.05, 0.1) is 29.7 Å². The number of aromatic amines is 1. The van der Waals surface area contributed by atoms with Crippen LogP contribution in [0.15, 0.2) is 42.3 Å². The molecule has 158 valence electrons. The van der Waals surface area contributed by atoms with E-state index in [0.717, 1.165) is 27.3 Å². The van der Waals surface area contributed by atoms with Crippen molar-refractivity contribution in [3.05, 3.63) is 69.6 Å². The first kappa shape index (κ1) is 20.7. The number of aryl methyl sites for hydroxylation is 1. The monoisotopic (exact) mass is 434 g/mol. The van der Waals surface area contributed by atoms with Crippen molar-refractivity contribution in [3.8, 4) is 22.4 Å². The third-order valence-corrected chi connectivity index (χ3v) is 6.75. The molecule has 0 saturated carbocycles. The first-order valence-corrected chi connectivity index (χ1v) is 10.6. The third kappa shape index (κ3) is 3.27. The summed E-state index contributed by atoms with van der Waals surface area (Å²) < 4.78 is 10.5. The van der Waals surface area contributed by atoms with E-state index in [1.54, 1.807) is 6.07 Å². The molecule has 1 aliphatic rings. The van der Waals surface area contributed by atoms with Crippen LogP contribution in [0.2, 0.25) is 0 Å². The van der Waals surface area contributed by atoms with Crippen molar-refractivity contribution in [2.45, 2.75) is 26.2 Å². The molecule has 0 saturated heterocycles. The van der Waals surface area contributed by atoms with Gasteiger partial charge in [-0.25, -0.2) is 4.79 Å². The van der Waals surface area contributed by atoms with Gasteiger partial charge in [-0.05, 0) is 60.4 Å². The minimum absolute atomic E-state index is 0.0840. The predicted molar refractivity (Wildman–Crippen MR) is 118 cm³/mol. The molecule has 1 aromatic carbocycles. The largest absolute Gasteiger partial charge is 0.465 e. The highest BCUT2D eigenvalue weighted by molar-refractivity contribution is 7.17. The highest BCUT2D eigenvalue weighted by Gasteiger charge is 2.44. The molecular weight excluding hydrogens is 412 g/mol. The van der Waals surface area contributed by atoms with E-state index in [1.165, 1.54) is 18.4 Å². The lowest BCUT2D eigenvalue weighted by molar-refractivity contribution is 0.0606. The van der Waals surface area contributed by atoms with Gasteiger partial charge in [0.2, 0.25) is 5.88 Å². The van der Waals surface area contributed by atoms with Crippen LogP contribution in [0.5, 0.6) is 5.88 Å². The van der Waals surface area contributed by atoms with Crippen molar-refractivity contribution in [2.75, 3.05) is 7.11 Å². The van der Waals surface area contributed by atoms with Crippen molar-refractivity contribution in [2.24, 2.45) is 11.7 Å². The van der Waals surface area contributed by atoms with Gasteiger partial charge in [0, 0.05) is 10.6 Å². The number of nitrogens with one attached hydrogen (secondary N) is 1. The number of esters is 1. The van der Waals surface area contributed by atoms with E-state index in [4.69, 9.17) is 15.2 Å². The molecule has 0 bridgehead atoms. The predicted octanol–water partition coefficient (Wildman–Crippen LogP) is 4.24. The number of nitriles is 1. The number of allylic oxidation sites excluding steroid dienone is 1. The van der Waals surface area contributed by atoms with Crippen LogP contribution in [0.25, 0.3) is 10.4 Å². The Morgan fingerprint density at radius 1 is 1.35 bits per heavy atom. The van der Waals surface area contributed by atoms with E-state index in [-0.39, 0.29) is 17.8 Å². The highest BCUT2D eigenvalue weighted by atomic mass is 32.1. The molecular formula is C23H22N4O3S. The number of thiophene rings is 1. The van der Waals surface area contributed by atoms with Gasteiger partial charge in [-0.1, -0.05) is 13.8 Å². The Hall–Kier alpha value is -3.57. The average molecular weight is 435 g/mol. The molecule has 1 aliphatic heterocycles. The molecule has 0 radical (unpaired) electrons. The maximum absolute atomic E-state index is 11.9. The van der Waals surface area contributed by atoms with Crippen molar-refractivity contribution in [3.63, 3.8) is 0 Å². The smallest absolute Gasteiger partial charge is 0.348 e. The summed E-state index contributed by atoms with van der Waals surface area (Å²) >= 11 is 1.32. The zero-order valence-electron chi connectivity index (χ0n) is 17.6. The van der Waals surface area contributed by atoms with Gasteiger partial charge in [0.25, 0.3) is 0 Å². The summed E-state index contributed by atoms with van der Waals surface area (Å²) in [6, 6.07) is 11.6. The summed E-state index contributed by atoms with van der Waals surface area (Å²) in [6.45, 7) is 6.15. The molecule has 0 fully saturated rings. The number of rotatable bonds is 4. The molecule has 3 aromatic rings. The maximum atomic E-state index is 11.9. The topological polar surface area (TPSA) is 114 Å². The fourth-order valence-corrected chi connectivity index (χ4v) is 5.11. The number of carbonyl (C=O) groups is 1. The first-order chi connectivity index (χ1) is 14.8. The Kier molecular flexibility index (Phi) is 5.07. The molecule has 3 heterocycles. The van der Waals surface area contributed by atoms with Crippen LogP contribution in [-0.2, 0) is 10.2 Å². The maximum Gasteiger partial charge on any atom is 0.348 e. The summed E-state index contributed by atoms with van der Waals surface area (Å²) in [5.41, 5.74) is 9.55. The van der Waals surface area contributed by atoms with Gasteiger partial charge in [-0.2, -0.15) is 5.26 Å². The quantitative estimate of drug-likeness (QED) is 0.594. The molecule has 0 unspecified atom stereocenters. The van der Waals surface area contributed by atoms with Crippen LogP contribution in [-0.4, -0.2) is 23.3 Å². The number of nitrogens with zero attached hydrogens (tertiary/aromatic N) is 2. The number of nitrogens with two attached hydrogens (primary N) is 1. The van der Waals surface area contributed by atoms with Crippen LogP contribution >= 0.6 is 11.3 Å². The van der Waals surface area contributed by atoms with Crippen LogP contribution in [0, 0.1) is 24.2 Å². The minimum Gasteiger partial charge on any atom is -0.465 e. The standard InChI is InChI=1S/C23H22N4O3S/c1-12(2)23(10-19(25)30-21-20(23)13(3)26-27-21)16-8-14(11-24)7-15(9-16)17-5-6-18(31-17)22(28)29-4/h5-10,12H,25H2,1-4H3,(H,26,27)/t23-/m0/s1. The molecule has 4 rings (SSSR count). The van der Waals surface area contributed by atoms with E-state index < -0.39 is 5.41 Å². The Morgan fingerprint density at radius 2 is 2.13 bits per heavy atom. The lowest BCUT2D eigenvalue weighted by Crippen LogP contribution is -2.37. The molecule has 7 nitrogen and oxygen atoms in total. The second-order valence-electron chi connectivity index (χ2n) is 7.77. The number of hydrogen-bond donors (Lipinski definition) is 2. The number of carbonyl (C=O) groups excluding carboxylic acids is 1. The fourth-order valence-electron chi connectivity index (χ4n) is 4.20. The molecule has 0 spiro atoms. The number of fused-ring (bicyclic) bond motifs is 1. The fraction of sp³-hybridized carbons (Fsp3) is 0.261.